The van der Waals surface area contributed by atoms with Crippen LogP contribution in [-0.4, -0.2) is 24.0 Å². The molecule has 1 atom stereocenters. The summed E-state index contributed by atoms with van der Waals surface area (Å²) < 4.78 is 0. The molecule has 0 amide bonds. The molecule has 0 aromatic heterocycles. The van der Waals surface area contributed by atoms with Crippen molar-refractivity contribution in [1.29, 1.82) is 5.26 Å². The van der Waals surface area contributed by atoms with Crippen LogP contribution in [0.4, 0.5) is 0 Å². The normalized spacial score (nSPS) is 24.6. The van der Waals surface area contributed by atoms with Crippen molar-refractivity contribution < 1.29 is 0 Å². The van der Waals surface area contributed by atoms with Crippen LogP contribution in [0.25, 0.3) is 0 Å². The first-order valence-corrected chi connectivity index (χ1v) is 5.66. The number of rotatable bonds is 2. The van der Waals surface area contributed by atoms with Crippen molar-refractivity contribution in [2.24, 2.45) is 5.41 Å². The lowest BCUT2D eigenvalue weighted by atomic mass is 9.91. The van der Waals surface area contributed by atoms with Crippen molar-refractivity contribution in [3.8, 4) is 6.07 Å². The molecule has 1 aliphatic heterocycles. The lowest BCUT2D eigenvalue weighted by Gasteiger charge is -2.33. The number of hydrogen-bond donors (Lipinski definition) is 0. The molecule has 2 heteroatoms. The maximum Gasteiger partial charge on any atom is 0.0977 e. The molecule has 0 aromatic rings. The molecule has 0 saturated carbocycles. The zero-order chi connectivity index (χ0) is 10.6. The summed E-state index contributed by atoms with van der Waals surface area (Å²) in [6.07, 6.45) is 4.75. The molecule has 0 aliphatic carbocycles. The number of likely N-dealkylation sites (tertiary alicyclic amines) is 1. The van der Waals surface area contributed by atoms with E-state index in [0.717, 1.165) is 19.5 Å². The quantitative estimate of drug-likeness (QED) is 0.676. The zero-order valence-corrected chi connectivity index (χ0v) is 9.71. The van der Waals surface area contributed by atoms with Gasteiger partial charge in [0.1, 0.15) is 0 Å². The molecule has 0 radical (unpaired) electrons. The summed E-state index contributed by atoms with van der Waals surface area (Å²) in [7, 11) is 0. The molecule has 0 N–H and O–H groups in total. The monoisotopic (exact) mass is 194 g/mol. The van der Waals surface area contributed by atoms with Gasteiger partial charge >= 0.3 is 0 Å². The summed E-state index contributed by atoms with van der Waals surface area (Å²) in [4.78, 5) is 2.36. The average Bonchev–Trinajstić information content (AvgIpc) is 2.14. The molecule has 1 rings (SSSR count). The molecular formula is C12H22N2. The van der Waals surface area contributed by atoms with Gasteiger partial charge in [0.05, 0.1) is 12.1 Å². The van der Waals surface area contributed by atoms with E-state index in [9.17, 15) is 0 Å². The SMILES string of the molecule is CC(C)(C)CCN1CCCCC1C#N. The summed E-state index contributed by atoms with van der Waals surface area (Å²) in [5.41, 5.74) is 0.386. The van der Waals surface area contributed by atoms with E-state index in [2.05, 4.69) is 31.7 Å². The predicted molar refractivity (Wildman–Crippen MR) is 58.9 cm³/mol. The van der Waals surface area contributed by atoms with Crippen LogP contribution >= 0.6 is 0 Å². The van der Waals surface area contributed by atoms with Crippen LogP contribution in [0.2, 0.25) is 0 Å². The molecule has 0 aromatic carbocycles. The van der Waals surface area contributed by atoms with E-state index in [1.165, 1.54) is 19.3 Å². The Hall–Kier alpha value is -0.550. The topological polar surface area (TPSA) is 27.0 Å². The predicted octanol–water partition coefficient (Wildman–Crippen LogP) is 2.80. The Bertz CT molecular complexity index is 209. The summed E-state index contributed by atoms with van der Waals surface area (Å²) in [6, 6.07) is 2.60. The van der Waals surface area contributed by atoms with Crippen LogP contribution in [0, 0.1) is 16.7 Å². The van der Waals surface area contributed by atoms with E-state index in [1.54, 1.807) is 0 Å². The third kappa shape index (κ3) is 3.67. The van der Waals surface area contributed by atoms with Gasteiger partial charge in [0.15, 0.2) is 0 Å². The Morgan fingerprint density at radius 2 is 2.07 bits per heavy atom. The Balaban J connectivity index is 2.38. The average molecular weight is 194 g/mol. The molecule has 14 heavy (non-hydrogen) atoms. The molecule has 1 fully saturated rings. The van der Waals surface area contributed by atoms with Crippen LogP contribution in [0.5, 0.6) is 0 Å². The van der Waals surface area contributed by atoms with Gasteiger partial charge < -0.3 is 0 Å². The lowest BCUT2D eigenvalue weighted by molar-refractivity contribution is 0.161. The molecule has 1 heterocycles. The van der Waals surface area contributed by atoms with Gasteiger partial charge in [-0.1, -0.05) is 20.8 Å². The van der Waals surface area contributed by atoms with Crippen molar-refractivity contribution in [3.05, 3.63) is 0 Å². The standard InChI is InChI=1S/C12H22N2/c1-12(2,3)7-9-14-8-5-4-6-11(14)10-13/h11H,4-9H2,1-3H3. The van der Waals surface area contributed by atoms with Gasteiger partial charge in [-0.05, 0) is 44.2 Å². The largest absolute Gasteiger partial charge is 0.288 e. The molecular weight excluding hydrogens is 172 g/mol. The summed E-state index contributed by atoms with van der Waals surface area (Å²) in [6.45, 7) is 8.99. The van der Waals surface area contributed by atoms with Crippen molar-refractivity contribution in [3.63, 3.8) is 0 Å². The highest BCUT2D eigenvalue weighted by Crippen LogP contribution is 2.22. The summed E-state index contributed by atoms with van der Waals surface area (Å²) in [5, 5.41) is 9.00. The van der Waals surface area contributed by atoms with E-state index in [-0.39, 0.29) is 6.04 Å². The minimum atomic E-state index is 0.186. The Morgan fingerprint density at radius 1 is 1.36 bits per heavy atom. The Morgan fingerprint density at radius 3 is 2.64 bits per heavy atom. The van der Waals surface area contributed by atoms with Gasteiger partial charge in [-0.3, -0.25) is 4.90 Å². The fourth-order valence-corrected chi connectivity index (χ4v) is 1.88. The first kappa shape index (κ1) is 11.5. The van der Waals surface area contributed by atoms with Gasteiger partial charge in [0.2, 0.25) is 0 Å². The lowest BCUT2D eigenvalue weighted by Crippen LogP contribution is -2.40. The number of nitrogens with zero attached hydrogens (tertiary/aromatic N) is 2. The van der Waals surface area contributed by atoms with Crippen molar-refractivity contribution in [2.75, 3.05) is 13.1 Å². The molecule has 0 bridgehead atoms. The number of nitriles is 1. The molecule has 1 unspecified atom stereocenters. The van der Waals surface area contributed by atoms with Gasteiger partial charge in [-0.2, -0.15) is 5.26 Å². The Labute approximate surface area is 87.9 Å². The van der Waals surface area contributed by atoms with Crippen LogP contribution in [0.3, 0.4) is 0 Å². The first-order chi connectivity index (χ1) is 6.53. The first-order valence-electron chi connectivity index (χ1n) is 5.66. The molecule has 80 valence electrons. The van der Waals surface area contributed by atoms with Gasteiger partial charge in [-0.25, -0.2) is 0 Å². The maximum atomic E-state index is 9.00. The fraction of sp³-hybridized carbons (Fsp3) is 0.917. The van der Waals surface area contributed by atoms with E-state index < -0.39 is 0 Å². The van der Waals surface area contributed by atoms with Crippen LogP contribution in [0.1, 0.15) is 46.5 Å². The summed E-state index contributed by atoms with van der Waals surface area (Å²) in [5.74, 6) is 0. The van der Waals surface area contributed by atoms with Crippen LogP contribution < -0.4 is 0 Å². The second-order valence-electron chi connectivity index (χ2n) is 5.49. The second-order valence-corrected chi connectivity index (χ2v) is 5.49. The van der Waals surface area contributed by atoms with Crippen LogP contribution in [-0.2, 0) is 0 Å². The molecule has 2 nitrogen and oxygen atoms in total. The van der Waals surface area contributed by atoms with Crippen molar-refractivity contribution >= 4 is 0 Å². The van der Waals surface area contributed by atoms with Crippen LogP contribution in [0.15, 0.2) is 0 Å². The smallest absolute Gasteiger partial charge is 0.0977 e. The molecule has 0 spiro atoms. The fourth-order valence-electron chi connectivity index (χ4n) is 1.88. The highest BCUT2D eigenvalue weighted by Gasteiger charge is 2.23. The summed E-state index contributed by atoms with van der Waals surface area (Å²) >= 11 is 0. The zero-order valence-electron chi connectivity index (χ0n) is 9.71. The third-order valence-corrected chi connectivity index (χ3v) is 2.91. The van der Waals surface area contributed by atoms with Gasteiger partial charge in [0.25, 0.3) is 0 Å². The van der Waals surface area contributed by atoms with E-state index >= 15 is 0 Å². The molecule has 1 aliphatic rings. The molecule has 1 saturated heterocycles. The Kier molecular flexibility index (Phi) is 3.95. The van der Waals surface area contributed by atoms with Gasteiger partial charge in [-0.15, -0.1) is 0 Å². The highest BCUT2D eigenvalue weighted by atomic mass is 15.2. The number of hydrogen-bond acceptors (Lipinski definition) is 2. The highest BCUT2D eigenvalue weighted by molar-refractivity contribution is 4.94. The van der Waals surface area contributed by atoms with Crippen molar-refractivity contribution in [2.45, 2.75) is 52.5 Å². The van der Waals surface area contributed by atoms with Crippen molar-refractivity contribution in [1.82, 2.24) is 4.90 Å². The van der Waals surface area contributed by atoms with E-state index in [1.807, 2.05) is 0 Å². The van der Waals surface area contributed by atoms with Gasteiger partial charge in [0, 0.05) is 0 Å². The van der Waals surface area contributed by atoms with E-state index in [0.29, 0.717) is 5.41 Å². The number of piperidine rings is 1. The van der Waals surface area contributed by atoms with E-state index in [4.69, 9.17) is 5.26 Å². The second kappa shape index (κ2) is 4.79. The minimum absolute atomic E-state index is 0.186. The third-order valence-electron chi connectivity index (χ3n) is 2.91. The minimum Gasteiger partial charge on any atom is -0.288 e. The maximum absolute atomic E-state index is 9.00.